The van der Waals surface area contributed by atoms with Crippen molar-refractivity contribution < 1.29 is 4.42 Å². The van der Waals surface area contributed by atoms with Crippen LogP contribution in [-0.4, -0.2) is 0 Å². The summed E-state index contributed by atoms with van der Waals surface area (Å²) in [5.74, 6) is 0.438. The highest BCUT2D eigenvalue weighted by Gasteiger charge is 2.22. The molecule has 0 saturated heterocycles. The van der Waals surface area contributed by atoms with Gasteiger partial charge in [-0.3, -0.25) is 0 Å². The zero-order valence-corrected chi connectivity index (χ0v) is 41.5. The maximum absolute atomic E-state index is 6.87. The van der Waals surface area contributed by atoms with E-state index >= 15 is 0 Å². The molecule has 1 heterocycles. The van der Waals surface area contributed by atoms with Gasteiger partial charge in [0.05, 0.1) is 11.4 Å². The smallest absolute Gasteiger partial charge is 0.136 e. The van der Waals surface area contributed by atoms with E-state index in [2.05, 4.69) is 287 Å². The Bertz CT molecular complexity index is 3920. The molecule has 11 aromatic carbocycles. The minimum absolute atomic E-state index is 0.0740. The third kappa shape index (κ3) is 8.37. The molecule has 1 aromatic heterocycles. The molecule has 0 spiro atoms. The molecule has 0 radical (unpaired) electrons. The fraction of sp³-hybridized carbons (Fsp3) is 0.101. The number of anilines is 6. The van der Waals surface area contributed by atoms with E-state index in [1.54, 1.807) is 0 Å². The van der Waals surface area contributed by atoms with Crippen LogP contribution in [0.4, 0.5) is 34.1 Å². The highest BCUT2D eigenvalue weighted by atomic mass is 16.3. The van der Waals surface area contributed by atoms with Gasteiger partial charge in [-0.25, -0.2) is 0 Å². The van der Waals surface area contributed by atoms with Crippen LogP contribution in [0.1, 0.15) is 51.7 Å². The summed E-state index contributed by atoms with van der Waals surface area (Å²) in [6, 6.07) is 88.5. The van der Waals surface area contributed by atoms with E-state index in [9.17, 15) is 0 Å². The minimum atomic E-state index is 0.0740. The zero-order chi connectivity index (χ0) is 48.9. The van der Waals surface area contributed by atoms with Gasteiger partial charge >= 0.3 is 0 Å². The van der Waals surface area contributed by atoms with Crippen LogP contribution in [0.2, 0.25) is 0 Å². The predicted octanol–water partition coefficient (Wildman–Crippen LogP) is 20.3. The van der Waals surface area contributed by atoms with Crippen molar-refractivity contribution in [2.24, 2.45) is 0 Å². The molecule has 12 aromatic rings. The lowest BCUT2D eigenvalue weighted by Gasteiger charge is -2.28. The molecular weight excluding hydrogens is 873 g/mol. The topological polar surface area (TPSA) is 19.6 Å². The van der Waals surface area contributed by atoms with Gasteiger partial charge in [-0.05, 0) is 151 Å². The average molecular weight is 929 g/mol. The summed E-state index contributed by atoms with van der Waals surface area (Å²) < 4.78 is 6.87. The summed E-state index contributed by atoms with van der Waals surface area (Å²) in [6.45, 7) is 11.3. The highest BCUT2D eigenvalue weighted by molar-refractivity contribution is 6.14. The van der Waals surface area contributed by atoms with Gasteiger partial charge in [0.2, 0.25) is 0 Å². The molecule has 0 N–H and O–H groups in total. The first-order chi connectivity index (χ1) is 35.1. The Hall–Kier alpha value is -8.66. The number of hydrogen-bond donors (Lipinski definition) is 0. The van der Waals surface area contributed by atoms with E-state index in [0.29, 0.717) is 5.92 Å². The van der Waals surface area contributed by atoms with Crippen molar-refractivity contribution in [2.45, 2.75) is 46.0 Å². The fourth-order valence-electron chi connectivity index (χ4n) is 10.4. The SMILES string of the molecule is CC(C)c1ccc(N(c2ccc3cc4c(cc3c2)oc2cc3cc(N(c5cccc(-c6ccccc6)c5)c5ccccc5-c5ccccc5)ccc3cc24)c2ccccc2-c2ccc(C(C)(C)C)cc2)cc1. The molecule has 0 aliphatic heterocycles. The molecular formula is C69H56N2O. The van der Waals surface area contributed by atoms with Crippen LogP contribution < -0.4 is 9.80 Å². The van der Waals surface area contributed by atoms with E-state index in [0.717, 1.165) is 83.2 Å². The third-order valence-electron chi connectivity index (χ3n) is 14.3. The van der Waals surface area contributed by atoms with Crippen LogP contribution in [0.5, 0.6) is 0 Å². The maximum Gasteiger partial charge on any atom is 0.136 e. The first-order valence-corrected chi connectivity index (χ1v) is 25.2. The molecule has 12 rings (SSSR count). The lowest BCUT2D eigenvalue weighted by Crippen LogP contribution is -2.12. The number of hydrogen-bond acceptors (Lipinski definition) is 3. The molecule has 0 fully saturated rings. The van der Waals surface area contributed by atoms with Crippen molar-refractivity contribution in [3.63, 3.8) is 0 Å². The molecule has 0 aliphatic rings. The second-order valence-corrected chi connectivity index (χ2v) is 20.4. The van der Waals surface area contributed by atoms with E-state index in [1.165, 1.54) is 38.9 Å². The van der Waals surface area contributed by atoms with Crippen molar-refractivity contribution in [1.29, 1.82) is 0 Å². The molecule has 0 aliphatic carbocycles. The Morgan fingerprint density at radius 2 is 0.806 bits per heavy atom. The van der Waals surface area contributed by atoms with Crippen LogP contribution in [-0.2, 0) is 5.41 Å². The highest BCUT2D eigenvalue weighted by Crippen LogP contribution is 2.46. The first-order valence-electron chi connectivity index (χ1n) is 25.2. The number of para-hydroxylation sites is 2. The molecule has 72 heavy (non-hydrogen) atoms. The van der Waals surface area contributed by atoms with Gasteiger partial charge in [-0.1, -0.05) is 192 Å². The van der Waals surface area contributed by atoms with Crippen molar-refractivity contribution in [1.82, 2.24) is 0 Å². The number of rotatable bonds is 10. The molecule has 348 valence electrons. The van der Waals surface area contributed by atoms with Gasteiger partial charge in [0, 0.05) is 44.6 Å². The van der Waals surface area contributed by atoms with Crippen LogP contribution in [0.3, 0.4) is 0 Å². The van der Waals surface area contributed by atoms with Crippen molar-refractivity contribution in [2.75, 3.05) is 9.80 Å². The van der Waals surface area contributed by atoms with Crippen molar-refractivity contribution in [3.8, 4) is 33.4 Å². The predicted molar refractivity (Wildman–Crippen MR) is 307 cm³/mol. The number of fused-ring (bicyclic) bond motifs is 5. The van der Waals surface area contributed by atoms with Gasteiger partial charge in [0.25, 0.3) is 0 Å². The van der Waals surface area contributed by atoms with Gasteiger partial charge in [-0.15, -0.1) is 0 Å². The molecule has 0 bridgehead atoms. The largest absolute Gasteiger partial charge is 0.456 e. The summed E-state index contributed by atoms with van der Waals surface area (Å²) in [7, 11) is 0. The summed E-state index contributed by atoms with van der Waals surface area (Å²) in [5, 5.41) is 6.76. The van der Waals surface area contributed by atoms with Gasteiger partial charge in [-0.2, -0.15) is 0 Å². The molecule has 3 nitrogen and oxygen atoms in total. The summed E-state index contributed by atoms with van der Waals surface area (Å²) in [5.41, 5.74) is 18.1. The van der Waals surface area contributed by atoms with Gasteiger partial charge in [0.15, 0.2) is 0 Å². The van der Waals surface area contributed by atoms with E-state index in [1.807, 2.05) is 0 Å². The quantitative estimate of drug-likeness (QED) is 0.136. The van der Waals surface area contributed by atoms with Crippen LogP contribution in [0, 0.1) is 0 Å². The molecule has 0 saturated carbocycles. The minimum Gasteiger partial charge on any atom is -0.456 e. The number of benzene rings is 11. The fourth-order valence-corrected chi connectivity index (χ4v) is 10.4. The zero-order valence-electron chi connectivity index (χ0n) is 41.5. The Balaban J connectivity index is 0.966. The van der Waals surface area contributed by atoms with Gasteiger partial charge in [0.1, 0.15) is 11.2 Å². The average Bonchev–Trinajstić information content (AvgIpc) is 3.76. The number of nitrogens with zero attached hydrogens (tertiary/aromatic N) is 2. The maximum atomic E-state index is 6.87. The van der Waals surface area contributed by atoms with Crippen LogP contribution in [0.15, 0.2) is 247 Å². The lowest BCUT2D eigenvalue weighted by molar-refractivity contribution is 0.590. The Morgan fingerprint density at radius 3 is 1.35 bits per heavy atom. The standard InChI is InChI=1S/C69H56N2O/c1-46(2)47-29-35-57(36-30-47)70(65-25-14-13-24-62(65)50-27-33-56(34-28-50)69(3,4)5)59-37-31-52-42-63-64-43-53-32-38-60(41-55(53)45-68(64)72-67(63)44-54(52)40-59)71(58-22-16-21-51(39-58)48-17-8-6-9-18-48)66-26-15-12-23-61(66)49-19-10-7-11-20-49/h6-46H,1-5H3. The molecule has 0 atom stereocenters. The number of furan rings is 1. The first kappa shape index (κ1) is 44.5. The Kier molecular flexibility index (Phi) is 11.3. The van der Waals surface area contributed by atoms with Crippen LogP contribution >= 0.6 is 0 Å². The summed E-state index contributed by atoms with van der Waals surface area (Å²) in [4.78, 5) is 4.80. The monoisotopic (exact) mass is 928 g/mol. The normalized spacial score (nSPS) is 11.8. The second kappa shape index (κ2) is 18.3. The van der Waals surface area contributed by atoms with E-state index < -0.39 is 0 Å². The van der Waals surface area contributed by atoms with Gasteiger partial charge < -0.3 is 14.2 Å². The second-order valence-electron chi connectivity index (χ2n) is 20.4. The Labute approximate surface area is 422 Å². The molecule has 0 amide bonds. The van der Waals surface area contributed by atoms with Crippen LogP contribution in [0.25, 0.3) is 76.9 Å². The lowest BCUT2D eigenvalue weighted by atomic mass is 9.86. The summed E-state index contributed by atoms with van der Waals surface area (Å²) in [6.07, 6.45) is 0. The van der Waals surface area contributed by atoms with Crippen molar-refractivity contribution in [3.05, 3.63) is 254 Å². The van der Waals surface area contributed by atoms with Crippen molar-refractivity contribution >= 4 is 77.6 Å². The third-order valence-corrected chi connectivity index (χ3v) is 14.3. The van der Waals surface area contributed by atoms with E-state index in [4.69, 9.17) is 4.42 Å². The molecule has 0 unspecified atom stereocenters. The summed E-state index contributed by atoms with van der Waals surface area (Å²) >= 11 is 0. The Morgan fingerprint density at radius 1 is 0.347 bits per heavy atom. The molecule has 3 heteroatoms. The van der Waals surface area contributed by atoms with E-state index in [-0.39, 0.29) is 5.41 Å².